The number of rotatable bonds is 10. The molecular formula is C24H41IN4O3. The molecule has 0 bridgehead atoms. The van der Waals surface area contributed by atoms with Crippen molar-refractivity contribution in [2.75, 3.05) is 39.8 Å². The van der Waals surface area contributed by atoms with Gasteiger partial charge in [0.1, 0.15) is 11.5 Å². The smallest absolute Gasteiger partial charge is 0.191 e. The lowest BCUT2D eigenvalue weighted by Gasteiger charge is -2.29. The van der Waals surface area contributed by atoms with E-state index in [1.54, 1.807) is 7.11 Å². The van der Waals surface area contributed by atoms with Crippen LogP contribution in [0.25, 0.3) is 0 Å². The predicted molar refractivity (Wildman–Crippen MR) is 140 cm³/mol. The second-order valence-electron chi connectivity index (χ2n) is 8.55. The third kappa shape index (κ3) is 8.94. The van der Waals surface area contributed by atoms with Crippen LogP contribution in [0, 0.1) is 0 Å². The van der Waals surface area contributed by atoms with Gasteiger partial charge in [-0.2, -0.15) is 0 Å². The van der Waals surface area contributed by atoms with Gasteiger partial charge >= 0.3 is 0 Å². The summed E-state index contributed by atoms with van der Waals surface area (Å²) in [6.07, 6.45) is 7.78. The molecule has 3 N–H and O–H groups in total. The van der Waals surface area contributed by atoms with Gasteiger partial charge in [0.05, 0.1) is 25.9 Å². The van der Waals surface area contributed by atoms with Crippen LogP contribution >= 0.6 is 24.0 Å². The standard InChI is InChI=1S/C24H40N4O3.HI/c1-3-25-24(26-13-6-14-28-15-11-20(29)12-16-28)27-18-19-9-10-22(30-2)17-23(19)31-21-7-4-5-8-21;/h9-10,17,20-21,29H,3-8,11-16,18H2,1-2H3,(H2,25,26,27);1H. The Balaban J connectivity index is 0.00000363. The molecule has 0 unspecified atom stereocenters. The third-order valence-corrected chi connectivity index (χ3v) is 6.12. The van der Waals surface area contributed by atoms with Gasteiger partial charge in [-0.3, -0.25) is 0 Å². The van der Waals surface area contributed by atoms with Crippen LogP contribution < -0.4 is 20.1 Å². The molecule has 1 aliphatic heterocycles. The maximum atomic E-state index is 9.63. The van der Waals surface area contributed by atoms with Gasteiger partial charge in [-0.15, -0.1) is 24.0 Å². The van der Waals surface area contributed by atoms with Crippen molar-refractivity contribution in [1.29, 1.82) is 0 Å². The van der Waals surface area contributed by atoms with E-state index >= 15 is 0 Å². The minimum atomic E-state index is -0.109. The van der Waals surface area contributed by atoms with Gasteiger partial charge in [-0.05, 0) is 70.5 Å². The average Bonchev–Trinajstić information content (AvgIpc) is 3.29. The predicted octanol–water partition coefficient (Wildman–Crippen LogP) is 3.54. The number of benzene rings is 1. The fraction of sp³-hybridized carbons (Fsp3) is 0.708. The van der Waals surface area contributed by atoms with Crippen molar-refractivity contribution < 1.29 is 14.6 Å². The van der Waals surface area contributed by atoms with E-state index in [9.17, 15) is 5.11 Å². The topological polar surface area (TPSA) is 78.4 Å². The third-order valence-electron chi connectivity index (χ3n) is 6.12. The summed E-state index contributed by atoms with van der Waals surface area (Å²) in [6.45, 7) is 7.39. The normalized spacial score (nSPS) is 18.3. The molecule has 1 aromatic rings. The number of piperidine rings is 1. The first-order valence-corrected chi connectivity index (χ1v) is 11.9. The molecule has 8 heteroatoms. The van der Waals surface area contributed by atoms with Crippen LogP contribution in [0.4, 0.5) is 0 Å². The zero-order valence-corrected chi connectivity index (χ0v) is 22.0. The summed E-state index contributed by atoms with van der Waals surface area (Å²) in [4.78, 5) is 7.23. The number of methoxy groups -OCH3 is 1. The van der Waals surface area contributed by atoms with E-state index in [-0.39, 0.29) is 30.1 Å². The van der Waals surface area contributed by atoms with Crippen LogP contribution in [-0.2, 0) is 6.54 Å². The molecule has 32 heavy (non-hydrogen) atoms. The lowest BCUT2D eigenvalue weighted by Crippen LogP contribution is -2.40. The van der Waals surface area contributed by atoms with Crippen molar-refractivity contribution in [3.63, 3.8) is 0 Å². The summed E-state index contributed by atoms with van der Waals surface area (Å²) in [5, 5.41) is 16.4. The van der Waals surface area contributed by atoms with E-state index in [1.165, 1.54) is 12.8 Å². The number of hydrogen-bond acceptors (Lipinski definition) is 5. The number of nitrogens with zero attached hydrogens (tertiary/aromatic N) is 2. The quantitative estimate of drug-likeness (QED) is 0.176. The number of aliphatic hydroxyl groups excluding tert-OH is 1. The molecule has 0 amide bonds. The summed E-state index contributed by atoms with van der Waals surface area (Å²) in [5.41, 5.74) is 1.08. The lowest BCUT2D eigenvalue weighted by molar-refractivity contribution is 0.0823. The second-order valence-corrected chi connectivity index (χ2v) is 8.55. The lowest BCUT2D eigenvalue weighted by atomic mass is 10.1. The van der Waals surface area contributed by atoms with Gasteiger partial charge in [0.25, 0.3) is 0 Å². The minimum Gasteiger partial charge on any atom is -0.497 e. The van der Waals surface area contributed by atoms with Crippen molar-refractivity contribution >= 4 is 29.9 Å². The number of nitrogens with one attached hydrogen (secondary N) is 2. The number of hydrogen-bond donors (Lipinski definition) is 3. The van der Waals surface area contributed by atoms with Crippen molar-refractivity contribution in [2.24, 2.45) is 4.99 Å². The Kier molecular flexibility index (Phi) is 12.5. The first-order chi connectivity index (χ1) is 15.2. The molecule has 0 atom stereocenters. The average molecular weight is 561 g/mol. The van der Waals surface area contributed by atoms with Gasteiger partial charge in [0.2, 0.25) is 0 Å². The number of ether oxygens (including phenoxy) is 2. The molecule has 182 valence electrons. The van der Waals surface area contributed by atoms with Crippen LogP contribution in [-0.4, -0.2) is 68.0 Å². The highest BCUT2D eigenvalue weighted by molar-refractivity contribution is 14.0. The van der Waals surface area contributed by atoms with Crippen LogP contribution in [0.1, 0.15) is 57.4 Å². The number of aliphatic hydroxyl groups is 1. The molecule has 1 aromatic carbocycles. The molecule has 2 fully saturated rings. The fourth-order valence-electron chi connectivity index (χ4n) is 4.25. The number of guanidine groups is 1. The van der Waals surface area contributed by atoms with Crippen molar-refractivity contribution in [2.45, 2.75) is 70.6 Å². The van der Waals surface area contributed by atoms with E-state index in [0.29, 0.717) is 12.6 Å². The van der Waals surface area contributed by atoms with Crippen molar-refractivity contribution in [3.8, 4) is 11.5 Å². The first kappa shape index (κ1) is 27.0. The Bertz CT molecular complexity index is 690. The Morgan fingerprint density at radius 1 is 1.16 bits per heavy atom. The molecule has 0 radical (unpaired) electrons. The van der Waals surface area contributed by atoms with Crippen LogP contribution in [0.15, 0.2) is 23.2 Å². The fourth-order valence-corrected chi connectivity index (χ4v) is 4.25. The summed E-state index contributed by atoms with van der Waals surface area (Å²) in [5.74, 6) is 2.54. The minimum absolute atomic E-state index is 0. The van der Waals surface area contributed by atoms with Crippen LogP contribution in [0.3, 0.4) is 0 Å². The molecule has 3 rings (SSSR count). The molecule has 1 heterocycles. The molecule has 1 aliphatic carbocycles. The zero-order chi connectivity index (χ0) is 21.9. The summed E-state index contributed by atoms with van der Waals surface area (Å²) in [6, 6.07) is 6.02. The molecule has 0 spiro atoms. The maximum Gasteiger partial charge on any atom is 0.191 e. The van der Waals surface area contributed by atoms with Gasteiger partial charge in [0, 0.05) is 37.8 Å². The highest BCUT2D eigenvalue weighted by Gasteiger charge is 2.19. The SMILES string of the molecule is CCNC(=NCc1ccc(OC)cc1OC1CCCC1)NCCCN1CCC(O)CC1.I. The van der Waals surface area contributed by atoms with Gasteiger partial charge < -0.3 is 30.1 Å². The van der Waals surface area contributed by atoms with Gasteiger partial charge in [0.15, 0.2) is 5.96 Å². The van der Waals surface area contributed by atoms with Crippen molar-refractivity contribution in [3.05, 3.63) is 23.8 Å². The number of halogens is 1. The van der Waals surface area contributed by atoms with Gasteiger partial charge in [-0.25, -0.2) is 4.99 Å². The molecule has 1 saturated carbocycles. The number of likely N-dealkylation sites (tertiary alicyclic amines) is 1. The molecular weight excluding hydrogens is 519 g/mol. The van der Waals surface area contributed by atoms with E-state index in [1.807, 2.05) is 12.1 Å². The molecule has 1 saturated heterocycles. The van der Waals surface area contributed by atoms with E-state index in [0.717, 1.165) is 87.8 Å². The number of aliphatic imine (C=N–C) groups is 1. The zero-order valence-electron chi connectivity index (χ0n) is 19.6. The maximum absolute atomic E-state index is 9.63. The molecule has 2 aliphatic rings. The highest BCUT2D eigenvalue weighted by atomic mass is 127. The van der Waals surface area contributed by atoms with Crippen LogP contribution in [0.5, 0.6) is 11.5 Å². The monoisotopic (exact) mass is 560 g/mol. The summed E-state index contributed by atoms with van der Waals surface area (Å²) >= 11 is 0. The summed E-state index contributed by atoms with van der Waals surface area (Å²) in [7, 11) is 1.69. The molecule has 7 nitrogen and oxygen atoms in total. The Morgan fingerprint density at radius 2 is 1.91 bits per heavy atom. The second kappa shape index (κ2) is 14.8. The Labute approximate surface area is 210 Å². The Morgan fingerprint density at radius 3 is 2.59 bits per heavy atom. The van der Waals surface area contributed by atoms with E-state index in [4.69, 9.17) is 14.5 Å². The van der Waals surface area contributed by atoms with Crippen LogP contribution in [0.2, 0.25) is 0 Å². The first-order valence-electron chi connectivity index (χ1n) is 11.9. The van der Waals surface area contributed by atoms with Crippen molar-refractivity contribution in [1.82, 2.24) is 15.5 Å². The summed E-state index contributed by atoms with van der Waals surface area (Å²) < 4.78 is 11.7. The van der Waals surface area contributed by atoms with Gasteiger partial charge in [-0.1, -0.05) is 0 Å². The highest BCUT2D eigenvalue weighted by Crippen LogP contribution is 2.30. The van der Waals surface area contributed by atoms with E-state index < -0.39 is 0 Å². The molecule has 0 aromatic heterocycles. The Hall–Kier alpha value is -1.26. The van der Waals surface area contributed by atoms with E-state index in [2.05, 4.69) is 28.5 Å². The largest absolute Gasteiger partial charge is 0.497 e.